The van der Waals surface area contributed by atoms with Crippen LogP contribution in [0.1, 0.15) is 6.92 Å². The lowest BCUT2D eigenvalue weighted by Crippen LogP contribution is -2.20. The lowest BCUT2D eigenvalue weighted by atomic mass is 10.9. The Hall–Kier alpha value is -0.490. The number of ether oxygens (including phenoxy) is 1. The molecular weight excluding hydrogens is 182 g/mol. The van der Waals surface area contributed by atoms with E-state index < -0.39 is 17.0 Å². The molecule has 0 fully saturated rings. The van der Waals surface area contributed by atoms with E-state index in [1.807, 2.05) is 0 Å². The highest BCUT2D eigenvalue weighted by atomic mass is 35.5. The topological polar surface area (TPSA) is 63.7 Å². The summed E-state index contributed by atoms with van der Waals surface area (Å²) in [5, 5.41) is 0. The Kier molecular flexibility index (Phi) is 4.13. The Morgan fingerprint density at radius 3 is 2.50 bits per heavy atom. The second kappa shape index (κ2) is 4.35. The largest absolute Gasteiger partial charge is 0.448 e. The SMILES string of the molecule is CCOC(=O)N(Cl)[SH](=O)=O. The maximum absolute atomic E-state index is 10.4. The smallest absolute Gasteiger partial charge is 0.438 e. The third-order valence-corrected chi connectivity index (χ3v) is 1.52. The van der Waals surface area contributed by atoms with Gasteiger partial charge in [0, 0.05) is 11.8 Å². The van der Waals surface area contributed by atoms with E-state index in [2.05, 4.69) is 4.74 Å². The first-order chi connectivity index (χ1) is 4.59. The van der Waals surface area contributed by atoms with Crippen LogP contribution in [0.25, 0.3) is 0 Å². The van der Waals surface area contributed by atoms with Crippen LogP contribution in [-0.4, -0.2) is 24.9 Å². The fraction of sp³-hybridized carbons (Fsp3) is 0.667. The Balaban J connectivity index is 3.95. The molecule has 0 bridgehead atoms. The monoisotopic (exact) mass is 187 g/mol. The highest BCUT2D eigenvalue weighted by Crippen LogP contribution is 1.97. The van der Waals surface area contributed by atoms with Crippen LogP contribution >= 0.6 is 11.8 Å². The van der Waals surface area contributed by atoms with Crippen LogP contribution < -0.4 is 0 Å². The van der Waals surface area contributed by atoms with Gasteiger partial charge in [-0.2, -0.15) is 0 Å². The van der Waals surface area contributed by atoms with Crippen molar-refractivity contribution in [3.05, 3.63) is 0 Å². The summed E-state index contributed by atoms with van der Waals surface area (Å²) in [5.41, 5.74) is 0. The normalized spacial score (nSPS) is 9.50. The van der Waals surface area contributed by atoms with Gasteiger partial charge in [-0.15, -0.1) is 3.82 Å². The zero-order valence-electron chi connectivity index (χ0n) is 5.11. The molecular formula is C3H6ClNO4S. The van der Waals surface area contributed by atoms with Crippen LogP contribution in [-0.2, 0) is 15.6 Å². The number of hydrogen-bond acceptors (Lipinski definition) is 4. The van der Waals surface area contributed by atoms with Gasteiger partial charge in [0.15, 0.2) is 0 Å². The van der Waals surface area contributed by atoms with E-state index in [1.165, 1.54) is 0 Å². The quantitative estimate of drug-likeness (QED) is 0.493. The van der Waals surface area contributed by atoms with Gasteiger partial charge in [0.05, 0.1) is 6.61 Å². The summed E-state index contributed by atoms with van der Waals surface area (Å²) < 4.78 is 24.1. The summed E-state index contributed by atoms with van der Waals surface area (Å²) >= 11 is 4.91. The van der Waals surface area contributed by atoms with E-state index in [0.717, 1.165) is 0 Å². The first kappa shape index (κ1) is 9.51. The van der Waals surface area contributed by atoms with Crippen LogP contribution in [0.15, 0.2) is 0 Å². The average molecular weight is 188 g/mol. The number of nitrogens with zero attached hydrogens (tertiary/aromatic N) is 1. The minimum Gasteiger partial charge on any atom is -0.448 e. The third-order valence-electron chi connectivity index (χ3n) is 0.562. The molecule has 0 saturated carbocycles. The standard InChI is InChI=1S/C3H6ClNO4S/c1-2-9-3(6)5(4)10(7)8/h10H,2H2,1H3. The second-order valence-electron chi connectivity index (χ2n) is 1.20. The molecule has 0 aromatic carbocycles. The fourth-order valence-electron chi connectivity index (χ4n) is 0.243. The second-order valence-corrected chi connectivity index (χ2v) is 2.65. The first-order valence-corrected chi connectivity index (χ1v) is 3.83. The minimum atomic E-state index is -3.09. The summed E-state index contributed by atoms with van der Waals surface area (Å²) in [6.45, 7) is 1.63. The van der Waals surface area contributed by atoms with Gasteiger partial charge in [0.2, 0.25) is 10.9 Å². The zero-order chi connectivity index (χ0) is 8.15. The highest BCUT2D eigenvalue weighted by Gasteiger charge is 2.12. The molecule has 60 valence electrons. The molecule has 1 amide bonds. The summed E-state index contributed by atoms with van der Waals surface area (Å²) in [4.78, 5) is 10.4. The third kappa shape index (κ3) is 2.88. The van der Waals surface area contributed by atoms with Crippen molar-refractivity contribution in [2.75, 3.05) is 6.61 Å². The van der Waals surface area contributed by atoms with Crippen LogP contribution in [0.3, 0.4) is 0 Å². The predicted molar refractivity (Wildman–Crippen MR) is 35.0 cm³/mol. The zero-order valence-corrected chi connectivity index (χ0v) is 6.76. The molecule has 0 aliphatic carbocycles. The van der Waals surface area contributed by atoms with Gasteiger partial charge in [-0.3, -0.25) is 0 Å². The molecule has 0 radical (unpaired) electrons. The summed E-state index contributed by atoms with van der Waals surface area (Å²) in [6, 6.07) is 0. The molecule has 7 heteroatoms. The van der Waals surface area contributed by atoms with Crippen molar-refractivity contribution in [3.63, 3.8) is 0 Å². The molecule has 0 aliphatic rings. The van der Waals surface area contributed by atoms with Crippen LogP contribution in [0.5, 0.6) is 0 Å². The van der Waals surface area contributed by atoms with Crippen LogP contribution in [0, 0.1) is 0 Å². The molecule has 0 aromatic rings. The van der Waals surface area contributed by atoms with Gasteiger partial charge in [-0.1, -0.05) is 0 Å². The molecule has 0 atom stereocenters. The number of carbonyl (C=O) groups excluding carboxylic acids is 1. The summed E-state index contributed by atoms with van der Waals surface area (Å²) in [6.07, 6.45) is -1.08. The highest BCUT2D eigenvalue weighted by molar-refractivity contribution is 7.71. The maximum atomic E-state index is 10.4. The maximum Gasteiger partial charge on any atom is 0.438 e. The van der Waals surface area contributed by atoms with E-state index in [-0.39, 0.29) is 10.4 Å². The molecule has 0 heterocycles. The van der Waals surface area contributed by atoms with Crippen LogP contribution in [0.4, 0.5) is 4.79 Å². The summed E-state index contributed by atoms with van der Waals surface area (Å²) in [7, 11) is -3.09. The van der Waals surface area contributed by atoms with E-state index in [1.54, 1.807) is 6.92 Å². The molecule has 0 aromatic heterocycles. The van der Waals surface area contributed by atoms with Crippen molar-refractivity contribution in [2.24, 2.45) is 0 Å². The van der Waals surface area contributed by atoms with Gasteiger partial charge in [0.25, 0.3) is 0 Å². The van der Waals surface area contributed by atoms with E-state index >= 15 is 0 Å². The van der Waals surface area contributed by atoms with E-state index in [4.69, 9.17) is 11.8 Å². The lowest BCUT2D eigenvalue weighted by molar-refractivity contribution is 0.146. The fourth-order valence-corrected chi connectivity index (χ4v) is 0.483. The Bertz CT molecular complexity index is 183. The molecule has 5 nitrogen and oxygen atoms in total. The lowest BCUT2D eigenvalue weighted by Gasteiger charge is -2.03. The van der Waals surface area contributed by atoms with Crippen molar-refractivity contribution in [3.8, 4) is 0 Å². The Morgan fingerprint density at radius 1 is 1.70 bits per heavy atom. The van der Waals surface area contributed by atoms with Gasteiger partial charge in [-0.05, 0) is 6.92 Å². The number of rotatable bonds is 2. The van der Waals surface area contributed by atoms with Gasteiger partial charge >= 0.3 is 6.09 Å². The first-order valence-electron chi connectivity index (χ1n) is 2.36. The number of halogens is 1. The number of thiol groups is 1. The molecule has 0 aliphatic heterocycles. The minimum absolute atomic E-state index is 0.0150. The molecule has 0 spiro atoms. The van der Waals surface area contributed by atoms with Gasteiger partial charge in [-0.25, -0.2) is 13.2 Å². The molecule has 0 rings (SSSR count). The number of carbonyl (C=O) groups is 1. The van der Waals surface area contributed by atoms with Crippen LogP contribution in [0.2, 0.25) is 0 Å². The van der Waals surface area contributed by atoms with E-state index in [9.17, 15) is 13.2 Å². The number of hydrogen-bond donors (Lipinski definition) is 1. The Labute approximate surface area is 64.7 Å². The average Bonchev–Trinajstić information content (AvgIpc) is 1.87. The van der Waals surface area contributed by atoms with Gasteiger partial charge < -0.3 is 4.74 Å². The van der Waals surface area contributed by atoms with Crippen molar-refractivity contribution >= 4 is 28.8 Å². The van der Waals surface area contributed by atoms with Crippen molar-refractivity contribution in [1.82, 2.24) is 3.82 Å². The van der Waals surface area contributed by atoms with Crippen molar-refractivity contribution < 1.29 is 17.9 Å². The van der Waals surface area contributed by atoms with Gasteiger partial charge in [0.1, 0.15) is 0 Å². The van der Waals surface area contributed by atoms with Crippen molar-refractivity contribution in [1.29, 1.82) is 0 Å². The predicted octanol–water partition coefficient (Wildman–Crippen LogP) is 0.125. The van der Waals surface area contributed by atoms with Crippen molar-refractivity contribution in [2.45, 2.75) is 6.92 Å². The van der Waals surface area contributed by atoms with E-state index in [0.29, 0.717) is 0 Å². The molecule has 0 saturated heterocycles. The summed E-state index contributed by atoms with van der Waals surface area (Å²) in [5.74, 6) is 0. The molecule has 0 unspecified atom stereocenters. The molecule has 10 heavy (non-hydrogen) atoms. The Morgan fingerprint density at radius 2 is 2.20 bits per heavy atom. The number of amides is 1. The molecule has 0 N–H and O–H groups in total.